The lowest BCUT2D eigenvalue weighted by molar-refractivity contribution is 0.548. The molecule has 0 saturated carbocycles. The van der Waals surface area contributed by atoms with Gasteiger partial charge in [0.2, 0.25) is 8.41 Å². The van der Waals surface area contributed by atoms with E-state index in [4.69, 9.17) is 0 Å². The fraction of sp³-hybridized carbons (Fsp3) is 1.00. The van der Waals surface area contributed by atoms with E-state index in [0.29, 0.717) is 0 Å². The third kappa shape index (κ3) is 29.1. The summed E-state index contributed by atoms with van der Waals surface area (Å²) >= 11 is 0. The maximum atomic E-state index is 16.2. The highest BCUT2D eigenvalue weighted by Crippen LogP contribution is 2.31. The summed E-state index contributed by atoms with van der Waals surface area (Å²) in [5, 5.41) is 0. The molecule has 0 aromatic heterocycles. The van der Waals surface area contributed by atoms with Crippen LogP contribution in [-0.2, 0) is 0 Å². The van der Waals surface area contributed by atoms with Crippen LogP contribution in [0.2, 0.25) is 18.1 Å². The molecule has 0 N–H and O–H groups in total. The summed E-state index contributed by atoms with van der Waals surface area (Å²) in [7, 11) is -2.52. The van der Waals surface area contributed by atoms with Gasteiger partial charge in [-0.05, 0) is 18.1 Å². The van der Waals surface area contributed by atoms with Crippen molar-refractivity contribution >= 4 is 8.41 Å². The molecule has 0 saturated heterocycles. The normalized spacial score (nSPS) is 12.0. The van der Waals surface area contributed by atoms with Gasteiger partial charge in [0.15, 0.2) is 0 Å². The summed E-state index contributed by atoms with van der Waals surface area (Å²) in [6.45, 7) is 6.88. The molecule has 2 heteroatoms. The second kappa shape index (κ2) is 31.7. The highest BCUT2D eigenvalue weighted by molar-refractivity contribution is 6.73. The largest absolute Gasteiger partial charge is 0.314 e. The lowest BCUT2D eigenvalue weighted by atomic mass is 10.1. The Morgan fingerprint density at radius 3 is 0.605 bits per heavy atom. The number of hydrogen-bond acceptors (Lipinski definition) is 0. The monoisotopic (exact) mass is 555 g/mol. The molecule has 0 fully saturated rings. The van der Waals surface area contributed by atoms with Crippen LogP contribution in [-0.4, -0.2) is 8.41 Å². The van der Waals surface area contributed by atoms with Crippen molar-refractivity contribution in [3.8, 4) is 0 Å². The number of rotatable bonds is 33. The summed E-state index contributed by atoms with van der Waals surface area (Å²) in [6, 6.07) is 2.91. The minimum absolute atomic E-state index is 0.971. The maximum Gasteiger partial charge on any atom is 0.247 e. The van der Waals surface area contributed by atoms with E-state index < -0.39 is 8.41 Å². The van der Waals surface area contributed by atoms with Crippen molar-refractivity contribution in [2.24, 2.45) is 0 Å². The zero-order chi connectivity index (χ0) is 27.8. The van der Waals surface area contributed by atoms with Gasteiger partial charge in [-0.3, -0.25) is 0 Å². The van der Waals surface area contributed by atoms with Crippen LogP contribution >= 0.6 is 0 Å². The van der Waals surface area contributed by atoms with Crippen LogP contribution in [0, 0.1) is 0 Å². The Morgan fingerprint density at radius 1 is 0.263 bits per heavy atom. The predicted octanol–water partition coefficient (Wildman–Crippen LogP) is 14.7. The molecule has 0 rings (SSSR count). The van der Waals surface area contributed by atoms with Crippen LogP contribution in [0.5, 0.6) is 0 Å². The first-order valence-corrected chi connectivity index (χ1v) is 20.9. The van der Waals surface area contributed by atoms with E-state index in [0.717, 1.165) is 18.1 Å². The fourth-order valence-electron chi connectivity index (χ4n) is 6.16. The van der Waals surface area contributed by atoms with Gasteiger partial charge < -0.3 is 4.11 Å². The van der Waals surface area contributed by atoms with Crippen molar-refractivity contribution in [2.45, 2.75) is 232 Å². The van der Waals surface area contributed by atoms with Gasteiger partial charge in [-0.25, -0.2) is 0 Å². The fourth-order valence-corrected chi connectivity index (χ4v) is 9.56. The molecule has 0 amide bonds. The SMILES string of the molecule is CCCCCCCCCCCC[Si](F)(CCCCCCCCCCCC)CCCCCCCCCCCC. The van der Waals surface area contributed by atoms with Gasteiger partial charge in [0, 0.05) is 0 Å². The average Bonchev–Trinajstić information content (AvgIpc) is 2.92. The Morgan fingerprint density at radius 2 is 0.421 bits per heavy atom. The summed E-state index contributed by atoms with van der Waals surface area (Å²) in [4.78, 5) is 0. The highest BCUT2D eigenvalue weighted by Gasteiger charge is 2.32. The van der Waals surface area contributed by atoms with Crippen LogP contribution in [0.4, 0.5) is 4.11 Å². The van der Waals surface area contributed by atoms with E-state index in [1.807, 2.05) is 0 Å². The van der Waals surface area contributed by atoms with Gasteiger partial charge in [0.1, 0.15) is 0 Å². The Bertz CT molecular complexity index is 364. The molecule has 38 heavy (non-hydrogen) atoms. The second-order valence-corrected chi connectivity index (χ2v) is 16.7. The topological polar surface area (TPSA) is 0 Å². The lowest BCUT2D eigenvalue weighted by Gasteiger charge is -2.23. The molecule has 0 radical (unpaired) electrons. The second-order valence-electron chi connectivity index (χ2n) is 12.9. The van der Waals surface area contributed by atoms with E-state index in [1.54, 1.807) is 0 Å². The third-order valence-electron chi connectivity index (χ3n) is 8.94. The zero-order valence-electron chi connectivity index (χ0n) is 27.2. The van der Waals surface area contributed by atoms with E-state index in [1.165, 1.54) is 193 Å². The van der Waals surface area contributed by atoms with Crippen molar-refractivity contribution in [3.63, 3.8) is 0 Å². The molecule has 0 unspecified atom stereocenters. The Balaban J connectivity index is 4.06. The molecule has 0 bridgehead atoms. The molecule has 0 aromatic carbocycles. The lowest BCUT2D eigenvalue weighted by Crippen LogP contribution is -2.28. The van der Waals surface area contributed by atoms with Gasteiger partial charge in [0.25, 0.3) is 0 Å². The molecule has 0 spiro atoms. The van der Waals surface area contributed by atoms with Gasteiger partial charge in [-0.1, -0.05) is 213 Å². The molecule has 0 aliphatic heterocycles. The summed E-state index contributed by atoms with van der Waals surface area (Å²) < 4.78 is 16.2. The smallest absolute Gasteiger partial charge is 0.247 e. The summed E-state index contributed by atoms with van der Waals surface area (Å²) in [5.74, 6) is 0. The van der Waals surface area contributed by atoms with Gasteiger partial charge in [0.05, 0.1) is 0 Å². The molecule has 0 aromatic rings. The minimum Gasteiger partial charge on any atom is -0.314 e. The number of halogens is 1. The molecule has 0 aliphatic rings. The Kier molecular flexibility index (Phi) is 31.8. The minimum atomic E-state index is -2.52. The molecular formula is C36H75FSi. The third-order valence-corrected chi connectivity index (χ3v) is 12.7. The van der Waals surface area contributed by atoms with Gasteiger partial charge in [-0.2, -0.15) is 0 Å². The van der Waals surface area contributed by atoms with Crippen LogP contribution < -0.4 is 0 Å². The van der Waals surface area contributed by atoms with Crippen molar-refractivity contribution < 1.29 is 4.11 Å². The van der Waals surface area contributed by atoms with Crippen LogP contribution in [0.25, 0.3) is 0 Å². The van der Waals surface area contributed by atoms with Crippen LogP contribution in [0.1, 0.15) is 213 Å². The van der Waals surface area contributed by atoms with Gasteiger partial charge in [-0.15, -0.1) is 0 Å². The average molecular weight is 555 g/mol. The van der Waals surface area contributed by atoms with Crippen LogP contribution in [0.15, 0.2) is 0 Å². The van der Waals surface area contributed by atoms with Crippen LogP contribution in [0.3, 0.4) is 0 Å². The Hall–Kier alpha value is 0.147. The maximum absolute atomic E-state index is 16.2. The molecule has 0 heterocycles. The molecule has 230 valence electrons. The van der Waals surface area contributed by atoms with E-state index >= 15 is 4.11 Å². The molecule has 0 atom stereocenters. The number of hydrogen-bond donors (Lipinski definition) is 0. The summed E-state index contributed by atoms with van der Waals surface area (Å²) in [5.41, 5.74) is 0. The van der Waals surface area contributed by atoms with Crippen molar-refractivity contribution in [2.75, 3.05) is 0 Å². The van der Waals surface area contributed by atoms with Crippen molar-refractivity contribution in [3.05, 3.63) is 0 Å². The standard InChI is InChI=1S/C36H75FSi/c1-4-7-10-13-16-19-22-25-28-31-34-38(37,35-32-29-26-23-20-17-14-11-8-5-2)36-33-30-27-24-21-18-15-12-9-6-3/h4-36H2,1-3H3. The van der Waals surface area contributed by atoms with E-state index in [-0.39, 0.29) is 0 Å². The van der Waals surface area contributed by atoms with Gasteiger partial charge >= 0.3 is 0 Å². The zero-order valence-corrected chi connectivity index (χ0v) is 28.2. The first-order chi connectivity index (χ1) is 18.7. The molecule has 0 aliphatic carbocycles. The first-order valence-electron chi connectivity index (χ1n) is 18.4. The Labute approximate surface area is 243 Å². The van der Waals surface area contributed by atoms with Crippen molar-refractivity contribution in [1.82, 2.24) is 0 Å². The van der Waals surface area contributed by atoms with Crippen molar-refractivity contribution in [1.29, 1.82) is 0 Å². The molecular weight excluding hydrogens is 479 g/mol. The highest BCUT2D eigenvalue weighted by atomic mass is 28.4. The van der Waals surface area contributed by atoms with E-state index in [2.05, 4.69) is 20.8 Å². The van der Waals surface area contributed by atoms with E-state index in [9.17, 15) is 0 Å². The first kappa shape index (κ1) is 38.1. The summed E-state index contributed by atoms with van der Waals surface area (Å²) in [6.07, 6.45) is 40.7. The molecule has 0 nitrogen and oxygen atoms in total. The quantitative estimate of drug-likeness (QED) is 0.0430. The number of unbranched alkanes of at least 4 members (excludes halogenated alkanes) is 27. The predicted molar refractivity (Wildman–Crippen MR) is 177 cm³/mol.